The van der Waals surface area contributed by atoms with Gasteiger partial charge in [0.15, 0.2) is 11.9 Å². The van der Waals surface area contributed by atoms with E-state index in [1.165, 1.54) is 33.1 Å². The van der Waals surface area contributed by atoms with Gasteiger partial charge in [-0.1, -0.05) is 0 Å². The minimum atomic E-state index is -4.55. The van der Waals surface area contributed by atoms with Crippen molar-refractivity contribution >= 4 is 23.3 Å². The Morgan fingerprint density at radius 2 is 1.91 bits per heavy atom. The smallest absolute Gasteiger partial charge is 0.417 e. The van der Waals surface area contributed by atoms with E-state index in [9.17, 15) is 32.9 Å². The van der Waals surface area contributed by atoms with E-state index < -0.39 is 34.6 Å². The molecule has 1 aromatic carbocycles. The topological polar surface area (TPSA) is 138 Å². The first-order chi connectivity index (χ1) is 16.4. The second kappa shape index (κ2) is 9.79. The van der Waals surface area contributed by atoms with E-state index >= 15 is 0 Å². The third-order valence-electron chi connectivity index (χ3n) is 4.83. The number of nitrogens with zero attached hydrogens (tertiary/aromatic N) is 4. The van der Waals surface area contributed by atoms with Crippen LogP contribution in [0.15, 0.2) is 42.7 Å². The number of methoxy groups -OCH3 is 1. The van der Waals surface area contributed by atoms with Gasteiger partial charge in [0.25, 0.3) is 11.6 Å². The molecule has 3 rings (SSSR count). The summed E-state index contributed by atoms with van der Waals surface area (Å²) >= 11 is 0. The fourth-order valence-corrected chi connectivity index (χ4v) is 2.94. The molecule has 11 nitrogen and oxygen atoms in total. The minimum absolute atomic E-state index is 0.00646. The zero-order valence-electron chi connectivity index (χ0n) is 18.5. The highest BCUT2D eigenvalue weighted by atomic mass is 19.4. The number of nitrogens with one attached hydrogen (secondary N) is 1. The number of ether oxygens (including phenoxy) is 2. The summed E-state index contributed by atoms with van der Waals surface area (Å²) in [5, 5.41) is 17.4. The number of halogens is 3. The van der Waals surface area contributed by atoms with Crippen molar-refractivity contribution in [1.82, 2.24) is 14.8 Å². The lowest BCUT2D eigenvalue weighted by Crippen LogP contribution is -2.30. The molecular weight excluding hydrogens is 475 g/mol. The maximum absolute atomic E-state index is 12.7. The predicted octanol–water partition coefficient (Wildman–Crippen LogP) is 3.70. The van der Waals surface area contributed by atoms with Gasteiger partial charge in [-0.2, -0.15) is 18.3 Å². The number of hydrogen-bond donors (Lipinski definition) is 1. The van der Waals surface area contributed by atoms with Crippen molar-refractivity contribution in [2.45, 2.75) is 26.1 Å². The van der Waals surface area contributed by atoms with Crippen molar-refractivity contribution in [3.05, 3.63) is 69.7 Å². The highest BCUT2D eigenvalue weighted by Gasteiger charge is 2.31. The Labute approximate surface area is 195 Å². The molecule has 0 aliphatic rings. The van der Waals surface area contributed by atoms with Gasteiger partial charge in [-0.25, -0.2) is 14.5 Å². The number of hydrogen-bond acceptors (Lipinski definition) is 8. The molecule has 35 heavy (non-hydrogen) atoms. The van der Waals surface area contributed by atoms with Crippen LogP contribution in [-0.2, 0) is 15.7 Å². The quantitative estimate of drug-likeness (QED) is 0.299. The van der Waals surface area contributed by atoms with Crippen LogP contribution in [0.5, 0.6) is 5.75 Å². The molecule has 0 aliphatic carbocycles. The molecule has 1 N–H and O–H groups in total. The summed E-state index contributed by atoms with van der Waals surface area (Å²) in [4.78, 5) is 39.2. The van der Waals surface area contributed by atoms with Crippen molar-refractivity contribution in [2.75, 3.05) is 12.4 Å². The summed E-state index contributed by atoms with van der Waals surface area (Å²) in [6.07, 6.45) is -4.10. The maximum atomic E-state index is 12.7. The fraction of sp³-hybridized carbons (Fsp3) is 0.238. The first kappa shape index (κ1) is 25.1. The van der Waals surface area contributed by atoms with Crippen LogP contribution in [0.1, 0.15) is 28.5 Å². The van der Waals surface area contributed by atoms with E-state index in [1.807, 2.05) is 0 Å². The van der Waals surface area contributed by atoms with Crippen molar-refractivity contribution in [1.29, 1.82) is 0 Å². The van der Waals surface area contributed by atoms with Crippen LogP contribution >= 0.6 is 0 Å². The molecule has 0 saturated heterocycles. The lowest BCUT2D eigenvalue weighted by Gasteiger charge is -2.15. The summed E-state index contributed by atoms with van der Waals surface area (Å²) in [5.74, 6) is -1.51. The number of amides is 1. The zero-order valence-corrected chi connectivity index (χ0v) is 18.5. The molecular formula is C21H18F3N5O6. The lowest BCUT2D eigenvalue weighted by molar-refractivity contribution is -0.384. The molecule has 0 bridgehead atoms. The second-order valence-electron chi connectivity index (χ2n) is 7.14. The molecule has 0 fully saturated rings. The Morgan fingerprint density at radius 3 is 2.49 bits per heavy atom. The van der Waals surface area contributed by atoms with Gasteiger partial charge < -0.3 is 14.8 Å². The molecule has 0 radical (unpaired) electrons. The number of anilines is 1. The van der Waals surface area contributed by atoms with Gasteiger partial charge in [0, 0.05) is 18.3 Å². The van der Waals surface area contributed by atoms with E-state index in [1.54, 1.807) is 0 Å². The largest absolute Gasteiger partial charge is 0.495 e. The molecule has 2 aromatic heterocycles. The van der Waals surface area contributed by atoms with E-state index in [0.717, 1.165) is 29.1 Å². The Balaban J connectivity index is 1.73. The molecule has 14 heteroatoms. The standard InChI is InChI=1S/C21H18F3N5O6/c1-11-15(10-26-28(11)18-7-4-13(9-25-18)21(22,23)24)20(31)35-12(2)19(30)27-16-8-14(29(32)33)5-6-17(16)34-3/h4-10,12H,1-3H3,(H,27,30). The van der Waals surface area contributed by atoms with Crippen LogP contribution in [0.25, 0.3) is 5.82 Å². The van der Waals surface area contributed by atoms with Crippen LogP contribution < -0.4 is 10.1 Å². The number of nitro groups is 1. The number of alkyl halides is 3. The molecule has 0 aliphatic heterocycles. The predicted molar refractivity (Wildman–Crippen MR) is 114 cm³/mol. The number of pyridine rings is 1. The first-order valence-corrected chi connectivity index (χ1v) is 9.85. The van der Waals surface area contributed by atoms with Crippen molar-refractivity contribution in [2.24, 2.45) is 0 Å². The Morgan fingerprint density at radius 1 is 1.20 bits per heavy atom. The van der Waals surface area contributed by atoms with Crippen molar-refractivity contribution in [3.8, 4) is 11.6 Å². The summed E-state index contributed by atoms with van der Waals surface area (Å²) < 4.78 is 49.6. The van der Waals surface area contributed by atoms with E-state index in [2.05, 4.69) is 15.4 Å². The van der Waals surface area contributed by atoms with E-state index in [-0.39, 0.29) is 34.2 Å². The average molecular weight is 493 g/mol. The minimum Gasteiger partial charge on any atom is -0.495 e. The van der Waals surface area contributed by atoms with Gasteiger partial charge in [-0.3, -0.25) is 14.9 Å². The van der Waals surface area contributed by atoms with Crippen LogP contribution in [0.4, 0.5) is 24.5 Å². The fourth-order valence-electron chi connectivity index (χ4n) is 2.94. The molecule has 0 spiro atoms. The Kier molecular flexibility index (Phi) is 7.03. The first-order valence-electron chi connectivity index (χ1n) is 9.85. The average Bonchev–Trinajstić information content (AvgIpc) is 3.19. The summed E-state index contributed by atoms with van der Waals surface area (Å²) in [7, 11) is 1.31. The van der Waals surface area contributed by atoms with Gasteiger partial charge in [0.2, 0.25) is 0 Å². The number of nitro benzene ring substituents is 1. The lowest BCUT2D eigenvalue weighted by atomic mass is 10.2. The summed E-state index contributed by atoms with van der Waals surface area (Å²) in [6.45, 7) is 2.76. The van der Waals surface area contributed by atoms with Crippen molar-refractivity contribution < 1.29 is 37.2 Å². The third-order valence-corrected chi connectivity index (χ3v) is 4.83. The number of non-ortho nitro benzene ring substituents is 1. The number of aromatic nitrogens is 3. The van der Waals surface area contributed by atoms with Crippen LogP contribution in [0.3, 0.4) is 0 Å². The zero-order chi connectivity index (χ0) is 25.9. The molecule has 0 saturated carbocycles. The molecule has 1 amide bonds. The molecule has 1 atom stereocenters. The van der Waals surface area contributed by atoms with Crippen LogP contribution in [0.2, 0.25) is 0 Å². The molecule has 2 heterocycles. The molecule has 184 valence electrons. The van der Waals surface area contributed by atoms with Gasteiger partial charge in [0.1, 0.15) is 11.3 Å². The van der Waals surface area contributed by atoms with Gasteiger partial charge in [-0.15, -0.1) is 0 Å². The van der Waals surface area contributed by atoms with Crippen LogP contribution in [-0.4, -0.2) is 44.8 Å². The third kappa shape index (κ3) is 5.54. The van der Waals surface area contributed by atoms with Gasteiger partial charge in [-0.05, 0) is 32.0 Å². The van der Waals surface area contributed by atoms with Crippen LogP contribution in [0, 0.1) is 17.0 Å². The number of esters is 1. The highest BCUT2D eigenvalue weighted by Crippen LogP contribution is 2.30. The number of rotatable bonds is 7. The maximum Gasteiger partial charge on any atom is 0.417 e. The monoisotopic (exact) mass is 493 g/mol. The normalized spacial score (nSPS) is 12.1. The van der Waals surface area contributed by atoms with E-state index in [0.29, 0.717) is 6.20 Å². The van der Waals surface area contributed by atoms with Gasteiger partial charge in [0.05, 0.1) is 35.2 Å². The Bertz CT molecular complexity index is 1270. The number of carbonyl (C=O) groups excluding carboxylic acids is 2. The van der Waals surface area contributed by atoms with Gasteiger partial charge >= 0.3 is 12.1 Å². The number of carbonyl (C=O) groups is 2. The highest BCUT2D eigenvalue weighted by molar-refractivity contribution is 5.98. The van der Waals surface area contributed by atoms with E-state index in [4.69, 9.17) is 9.47 Å². The van der Waals surface area contributed by atoms with Crippen molar-refractivity contribution in [3.63, 3.8) is 0 Å². The number of benzene rings is 1. The second-order valence-corrected chi connectivity index (χ2v) is 7.14. The SMILES string of the molecule is COc1ccc([N+](=O)[O-])cc1NC(=O)C(C)OC(=O)c1cnn(-c2ccc(C(F)(F)F)cn2)c1C. The Hall–Kier alpha value is -4.49. The summed E-state index contributed by atoms with van der Waals surface area (Å²) in [6, 6.07) is 5.52. The molecule has 3 aromatic rings. The molecule has 1 unspecified atom stereocenters. The summed E-state index contributed by atoms with van der Waals surface area (Å²) in [5.41, 5.74) is -1.04.